The lowest BCUT2D eigenvalue weighted by molar-refractivity contribution is -0.138. The Kier molecular flexibility index (Phi) is 5.02. The second-order valence-corrected chi connectivity index (χ2v) is 6.06. The molecule has 0 aromatic heterocycles. The molecule has 0 saturated carbocycles. The van der Waals surface area contributed by atoms with Gasteiger partial charge < -0.3 is 9.84 Å². The van der Waals surface area contributed by atoms with Crippen LogP contribution in [0.2, 0.25) is 0 Å². The van der Waals surface area contributed by atoms with Gasteiger partial charge in [0.1, 0.15) is 5.75 Å². The van der Waals surface area contributed by atoms with Crippen molar-refractivity contribution in [3.8, 4) is 5.75 Å². The fourth-order valence-electron chi connectivity index (χ4n) is 3.02. The molecule has 0 saturated heterocycles. The van der Waals surface area contributed by atoms with E-state index in [0.717, 1.165) is 11.3 Å². The van der Waals surface area contributed by atoms with Crippen LogP contribution in [0.1, 0.15) is 52.1 Å². The number of carboxylic acids is 1. The van der Waals surface area contributed by atoms with Crippen LogP contribution in [0.5, 0.6) is 5.75 Å². The zero-order valence-corrected chi connectivity index (χ0v) is 14.3. The van der Waals surface area contributed by atoms with Crippen LogP contribution in [-0.4, -0.2) is 34.4 Å². The zero-order valence-electron chi connectivity index (χ0n) is 14.3. The van der Waals surface area contributed by atoms with Crippen molar-refractivity contribution in [2.75, 3.05) is 6.61 Å². The van der Waals surface area contributed by atoms with E-state index in [2.05, 4.69) is 0 Å². The van der Waals surface area contributed by atoms with Gasteiger partial charge in [0.05, 0.1) is 30.2 Å². The molecule has 6 nitrogen and oxygen atoms in total. The monoisotopic (exact) mass is 353 g/mol. The van der Waals surface area contributed by atoms with Crippen molar-refractivity contribution in [1.29, 1.82) is 0 Å². The third kappa shape index (κ3) is 3.31. The molecule has 1 aliphatic heterocycles. The van der Waals surface area contributed by atoms with Gasteiger partial charge in [-0.15, -0.1) is 0 Å². The number of carboxylic acid groups (broad SMARTS) is 1. The van der Waals surface area contributed by atoms with Crippen molar-refractivity contribution in [1.82, 2.24) is 4.90 Å². The largest absolute Gasteiger partial charge is 0.494 e. The lowest BCUT2D eigenvalue weighted by Crippen LogP contribution is -2.35. The number of ether oxygens (including phenoxy) is 1. The van der Waals surface area contributed by atoms with Gasteiger partial charge in [-0.2, -0.15) is 0 Å². The lowest BCUT2D eigenvalue weighted by atomic mass is 10.0. The van der Waals surface area contributed by atoms with Gasteiger partial charge in [-0.05, 0) is 36.2 Å². The summed E-state index contributed by atoms with van der Waals surface area (Å²) in [7, 11) is 0. The van der Waals surface area contributed by atoms with Crippen molar-refractivity contribution < 1.29 is 24.2 Å². The molecule has 26 heavy (non-hydrogen) atoms. The topological polar surface area (TPSA) is 83.9 Å². The molecule has 0 fully saturated rings. The van der Waals surface area contributed by atoms with E-state index in [9.17, 15) is 19.5 Å². The molecule has 0 radical (unpaired) electrons. The van der Waals surface area contributed by atoms with Gasteiger partial charge in [0.15, 0.2) is 0 Å². The van der Waals surface area contributed by atoms with Crippen LogP contribution in [0.15, 0.2) is 48.5 Å². The molecule has 134 valence electrons. The van der Waals surface area contributed by atoms with Crippen LogP contribution in [0.3, 0.4) is 0 Å². The highest BCUT2D eigenvalue weighted by Crippen LogP contribution is 2.34. The Morgan fingerprint density at radius 3 is 2.12 bits per heavy atom. The molecule has 1 heterocycles. The highest BCUT2D eigenvalue weighted by atomic mass is 16.5. The third-order valence-corrected chi connectivity index (χ3v) is 4.24. The summed E-state index contributed by atoms with van der Waals surface area (Å²) in [5, 5.41) is 9.29. The average molecular weight is 353 g/mol. The van der Waals surface area contributed by atoms with Crippen molar-refractivity contribution in [2.45, 2.75) is 25.8 Å². The normalized spacial score (nSPS) is 14.3. The Hall–Kier alpha value is -3.15. The number of carbonyl (C=O) groups is 3. The maximum Gasteiger partial charge on any atom is 0.305 e. The summed E-state index contributed by atoms with van der Waals surface area (Å²) in [6.45, 7) is 2.58. The molecular weight excluding hydrogens is 334 g/mol. The quantitative estimate of drug-likeness (QED) is 0.772. The van der Waals surface area contributed by atoms with Crippen LogP contribution in [0, 0.1) is 0 Å². The minimum Gasteiger partial charge on any atom is -0.494 e. The number of aliphatic carboxylic acids is 1. The van der Waals surface area contributed by atoms with Crippen molar-refractivity contribution in [3.63, 3.8) is 0 Å². The van der Waals surface area contributed by atoms with Gasteiger partial charge in [-0.3, -0.25) is 19.3 Å². The maximum absolute atomic E-state index is 12.7. The third-order valence-electron chi connectivity index (χ3n) is 4.24. The fraction of sp³-hybridized carbons (Fsp3) is 0.250. The average Bonchev–Trinajstić information content (AvgIpc) is 2.90. The number of rotatable bonds is 7. The zero-order chi connectivity index (χ0) is 18.7. The van der Waals surface area contributed by atoms with Crippen LogP contribution in [0.4, 0.5) is 0 Å². The molecule has 1 unspecified atom stereocenters. The Bertz CT molecular complexity index is 809. The first kappa shape index (κ1) is 17.7. The highest BCUT2D eigenvalue weighted by molar-refractivity contribution is 6.21. The first-order valence-electron chi connectivity index (χ1n) is 8.44. The summed E-state index contributed by atoms with van der Waals surface area (Å²) in [5.41, 5.74) is 1.18. The van der Waals surface area contributed by atoms with Gasteiger partial charge >= 0.3 is 5.97 Å². The Morgan fingerprint density at radius 2 is 1.62 bits per heavy atom. The van der Waals surface area contributed by atoms with E-state index in [1.54, 1.807) is 48.5 Å². The van der Waals surface area contributed by atoms with Crippen LogP contribution in [-0.2, 0) is 4.79 Å². The minimum absolute atomic E-state index is 0.302. The summed E-state index contributed by atoms with van der Waals surface area (Å²) in [5.74, 6) is -1.36. The van der Waals surface area contributed by atoms with Crippen molar-refractivity contribution >= 4 is 17.8 Å². The molecule has 0 aliphatic carbocycles. The molecule has 2 aromatic carbocycles. The summed E-state index contributed by atoms with van der Waals surface area (Å²) >= 11 is 0. The van der Waals surface area contributed by atoms with Gasteiger partial charge in [-0.1, -0.05) is 31.2 Å². The number of nitrogens with zero attached hydrogens (tertiary/aromatic N) is 1. The van der Waals surface area contributed by atoms with E-state index in [1.165, 1.54) is 0 Å². The van der Waals surface area contributed by atoms with E-state index in [-0.39, 0.29) is 6.42 Å². The standard InChI is InChI=1S/C20H19NO5/c1-2-11-26-14-9-7-13(8-10-14)17(12-18(22)23)21-19(24)15-5-3-4-6-16(15)20(21)25/h3-10,17H,2,11-12H2,1H3,(H,22,23). The molecule has 1 N–H and O–H groups in total. The van der Waals surface area contributed by atoms with E-state index in [1.807, 2.05) is 6.92 Å². The highest BCUT2D eigenvalue weighted by Gasteiger charge is 2.41. The first-order valence-corrected chi connectivity index (χ1v) is 8.44. The first-order chi connectivity index (χ1) is 12.5. The van der Waals surface area contributed by atoms with Gasteiger partial charge in [0, 0.05) is 0 Å². The lowest BCUT2D eigenvalue weighted by Gasteiger charge is -2.25. The molecule has 6 heteroatoms. The van der Waals surface area contributed by atoms with Gasteiger partial charge in [0.2, 0.25) is 0 Å². The predicted octanol–water partition coefficient (Wildman–Crippen LogP) is 3.29. The molecule has 2 amide bonds. The number of carbonyl (C=O) groups excluding carboxylic acids is 2. The molecule has 1 atom stereocenters. The predicted molar refractivity (Wildman–Crippen MR) is 94.2 cm³/mol. The smallest absolute Gasteiger partial charge is 0.305 e. The van der Waals surface area contributed by atoms with Crippen molar-refractivity contribution in [3.05, 3.63) is 65.2 Å². The molecular formula is C20H19NO5. The molecule has 0 bridgehead atoms. The van der Waals surface area contributed by atoms with E-state index in [0.29, 0.717) is 29.0 Å². The summed E-state index contributed by atoms with van der Waals surface area (Å²) in [4.78, 5) is 37.8. The number of imide groups is 1. The molecule has 1 aliphatic rings. The van der Waals surface area contributed by atoms with E-state index in [4.69, 9.17) is 4.74 Å². The van der Waals surface area contributed by atoms with Crippen LogP contribution < -0.4 is 4.74 Å². The Balaban J connectivity index is 1.93. The van der Waals surface area contributed by atoms with Crippen LogP contribution >= 0.6 is 0 Å². The second-order valence-electron chi connectivity index (χ2n) is 6.06. The number of hydrogen-bond donors (Lipinski definition) is 1. The number of fused-ring (bicyclic) bond motifs is 1. The number of benzene rings is 2. The maximum atomic E-state index is 12.7. The van der Waals surface area contributed by atoms with Gasteiger partial charge in [-0.25, -0.2) is 0 Å². The van der Waals surface area contributed by atoms with E-state index >= 15 is 0 Å². The molecule has 2 aromatic rings. The minimum atomic E-state index is -1.09. The molecule has 3 rings (SSSR count). The summed E-state index contributed by atoms with van der Waals surface area (Å²) in [6.07, 6.45) is 0.513. The Morgan fingerprint density at radius 1 is 1.04 bits per heavy atom. The van der Waals surface area contributed by atoms with E-state index < -0.39 is 23.8 Å². The summed E-state index contributed by atoms with van der Waals surface area (Å²) < 4.78 is 5.53. The fourth-order valence-corrected chi connectivity index (χ4v) is 3.02. The van der Waals surface area contributed by atoms with Gasteiger partial charge in [0.25, 0.3) is 11.8 Å². The molecule has 0 spiro atoms. The Labute approximate surface area is 151 Å². The summed E-state index contributed by atoms with van der Waals surface area (Å²) in [6, 6.07) is 12.5. The number of amides is 2. The second kappa shape index (κ2) is 7.39. The van der Waals surface area contributed by atoms with Crippen molar-refractivity contribution in [2.24, 2.45) is 0 Å². The van der Waals surface area contributed by atoms with Crippen LogP contribution in [0.25, 0.3) is 0 Å². The number of hydrogen-bond acceptors (Lipinski definition) is 4. The SMILES string of the molecule is CCCOc1ccc(C(CC(=O)O)N2C(=O)c3ccccc3C2=O)cc1.